The van der Waals surface area contributed by atoms with Gasteiger partial charge < -0.3 is 0 Å². The van der Waals surface area contributed by atoms with Gasteiger partial charge in [0.25, 0.3) is 0 Å². The summed E-state index contributed by atoms with van der Waals surface area (Å²) in [6, 6.07) is 21.3. The van der Waals surface area contributed by atoms with E-state index in [0.29, 0.717) is 9.79 Å². The molecule has 0 atom stereocenters. The van der Waals surface area contributed by atoms with E-state index in [2.05, 4.69) is 0 Å². The van der Waals surface area contributed by atoms with Crippen molar-refractivity contribution in [2.75, 3.05) is 0 Å². The molecule has 0 N–H and O–H groups in total. The van der Waals surface area contributed by atoms with Crippen LogP contribution in [-0.4, -0.2) is 0 Å². The lowest BCUT2D eigenvalue weighted by molar-refractivity contribution is 0.473. The molecule has 0 unspecified atom stereocenters. The van der Waals surface area contributed by atoms with Gasteiger partial charge in [-0.15, -0.1) is 0 Å². The molecule has 0 aromatic heterocycles. The summed E-state index contributed by atoms with van der Waals surface area (Å²) in [5.74, 6) is -2.24. The Morgan fingerprint density at radius 1 is 0.615 bits per heavy atom. The first-order chi connectivity index (χ1) is 12.7. The second-order valence-electron chi connectivity index (χ2n) is 5.09. The van der Waals surface area contributed by atoms with Crippen LogP contribution in [0.25, 0.3) is 0 Å². The topological polar surface area (TPSA) is 47.6 Å². The summed E-state index contributed by atoms with van der Waals surface area (Å²) in [4.78, 5) is 0.944. The van der Waals surface area contributed by atoms with E-state index in [4.69, 9.17) is 0 Å². The number of nitriles is 2. The van der Waals surface area contributed by atoms with Crippen LogP contribution in [0.2, 0.25) is 0 Å². The molecule has 2 nitrogen and oxygen atoms in total. The summed E-state index contributed by atoms with van der Waals surface area (Å²) in [6.45, 7) is 0. The van der Waals surface area contributed by atoms with Crippen molar-refractivity contribution < 1.29 is 8.78 Å². The molecule has 3 aromatic carbocycles. The van der Waals surface area contributed by atoms with Gasteiger partial charge in [0.05, 0.1) is 20.9 Å². The quantitative estimate of drug-likeness (QED) is 0.556. The van der Waals surface area contributed by atoms with Crippen LogP contribution in [0.5, 0.6) is 0 Å². The fraction of sp³-hybridized carbons (Fsp3) is 0. The Balaban J connectivity index is 2.15. The molecular weight excluding hydrogens is 370 g/mol. The van der Waals surface area contributed by atoms with E-state index in [-0.39, 0.29) is 20.9 Å². The minimum atomic E-state index is -1.12. The van der Waals surface area contributed by atoms with Crippen LogP contribution < -0.4 is 0 Å². The minimum Gasteiger partial charge on any atom is -0.202 e. The van der Waals surface area contributed by atoms with Gasteiger partial charge in [0.2, 0.25) is 0 Å². The van der Waals surface area contributed by atoms with E-state index < -0.39 is 11.6 Å². The van der Waals surface area contributed by atoms with Gasteiger partial charge >= 0.3 is 0 Å². The molecule has 0 fully saturated rings. The molecule has 0 aliphatic carbocycles. The summed E-state index contributed by atoms with van der Waals surface area (Å²) in [7, 11) is 0. The SMILES string of the molecule is N#Cc1c(C#N)c(Sc2ccccc2)c(F)c(F)c1Sc1ccccc1. The predicted octanol–water partition coefficient (Wildman–Crippen LogP) is 6.01. The first-order valence-electron chi connectivity index (χ1n) is 7.46. The zero-order valence-electron chi connectivity index (χ0n) is 13.2. The summed E-state index contributed by atoms with van der Waals surface area (Å²) in [5.41, 5.74) is -0.308. The molecule has 26 heavy (non-hydrogen) atoms. The van der Waals surface area contributed by atoms with E-state index in [1.807, 2.05) is 12.1 Å². The molecule has 3 aromatic rings. The lowest BCUT2D eigenvalue weighted by atomic mass is 10.1. The highest BCUT2D eigenvalue weighted by Crippen LogP contribution is 2.41. The van der Waals surface area contributed by atoms with Crippen LogP contribution in [0.15, 0.2) is 80.2 Å². The van der Waals surface area contributed by atoms with Gasteiger partial charge in [-0.1, -0.05) is 59.9 Å². The lowest BCUT2D eigenvalue weighted by Crippen LogP contribution is -2.01. The maximum Gasteiger partial charge on any atom is 0.175 e. The number of benzene rings is 3. The largest absolute Gasteiger partial charge is 0.202 e. The number of nitrogens with zero attached hydrogens (tertiary/aromatic N) is 2. The average Bonchev–Trinajstić information content (AvgIpc) is 2.69. The summed E-state index contributed by atoms with van der Waals surface area (Å²) in [5, 5.41) is 19.0. The molecule has 0 bridgehead atoms. The van der Waals surface area contributed by atoms with Crippen molar-refractivity contribution >= 4 is 23.5 Å². The Hall–Kier alpha value is -2.80. The Kier molecular flexibility index (Phi) is 5.58. The Labute approximate surface area is 158 Å². The van der Waals surface area contributed by atoms with Gasteiger partial charge in [-0.3, -0.25) is 0 Å². The normalized spacial score (nSPS) is 10.2. The summed E-state index contributed by atoms with van der Waals surface area (Å²) < 4.78 is 29.5. The highest BCUT2D eigenvalue weighted by Gasteiger charge is 2.26. The van der Waals surface area contributed by atoms with Crippen molar-refractivity contribution in [3.63, 3.8) is 0 Å². The Morgan fingerprint density at radius 3 is 1.27 bits per heavy atom. The van der Waals surface area contributed by atoms with E-state index >= 15 is 0 Å². The molecule has 0 aliphatic rings. The van der Waals surface area contributed by atoms with Crippen molar-refractivity contribution in [3.05, 3.63) is 83.4 Å². The van der Waals surface area contributed by atoms with E-state index in [1.54, 1.807) is 60.7 Å². The van der Waals surface area contributed by atoms with Gasteiger partial charge in [0.1, 0.15) is 12.1 Å². The number of rotatable bonds is 4. The van der Waals surface area contributed by atoms with E-state index in [1.165, 1.54) is 0 Å². The summed E-state index contributed by atoms with van der Waals surface area (Å²) in [6.07, 6.45) is 0. The second kappa shape index (κ2) is 8.05. The van der Waals surface area contributed by atoms with Crippen molar-refractivity contribution in [2.45, 2.75) is 19.6 Å². The van der Waals surface area contributed by atoms with Gasteiger partial charge in [-0.2, -0.15) is 10.5 Å². The van der Waals surface area contributed by atoms with E-state index in [0.717, 1.165) is 23.5 Å². The van der Waals surface area contributed by atoms with Crippen LogP contribution in [-0.2, 0) is 0 Å². The molecule has 0 spiro atoms. The number of halogens is 2. The zero-order chi connectivity index (χ0) is 18.5. The van der Waals surface area contributed by atoms with Crippen molar-refractivity contribution in [3.8, 4) is 12.1 Å². The van der Waals surface area contributed by atoms with Gasteiger partial charge in [0.15, 0.2) is 11.6 Å². The highest BCUT2D eigenvalue weighted by molar-refractivity contribution is 8.00. The van der Waals surface area contributed by atoms with Crippen molar-refractivity contribution in [1.82, 2.24) is 0 Å². The first kappa shape index (κ1) is 18.0. The molecule has 0 saturated heterocycles. The fourth-order valence-corrected chi connectivity index (χ4v) is 4.18. The predicted molar refractivity (Wildman–Crippen MR) is 96.9 cm³/mol. The average molecular weight is 380 g/mol. The molecule has 3 rings (SSSR count). The molecule has 0 amide bonds. The van der Waals surface area contributed by atoms with Gasteiger partial charge in [0, 0.05) is 9.79 Å². The molecule has 6 heteroatoms. The molecule has 0 heterocycles. The molecule has 0 saturated carbocycles. The first-order valence-corrected chi connectivity index (χ1v) is 9.10. The van der Waals surface area contributed by atoms with Gasteiger partial charge in [-0.25, -0.2) is 8.78 Å². The second-order valence-corrected chi connectivity index (χ2v) is 7.26. The Morgan fingerprint density at radius 2 is 0.962 bits per heavy atom. The van der Waals surface area contributed by atoms with Crippen LogP contribution in [0.1, 0.15) is 11.1 Å². The molecule has 0 radical (unpaired) electrons. The molecule has 126 valence electrons. The fourth-order valence-electron chi connectivity index (χ4n) is 2.26. The van der Waals surface area contributed by atoms with Crippen LogP contribution >= 0.6 is 23.5 Å². The third kappa shape index (κ3) is 3.57. The maximum absolute atomic E-state index is 14.7. The number of hydrogen-bond donors (Lipinski definition) is 0. The number of hydrogen-bond acceptors (Lipinski definition) is 4. The van der Waals surface area contributed by atoms with Crippen molar-refractivity contribution in [2.24, 2.45) is 0 Å². The smallest absolute Gasteiger partial charge is 0.175 e. The standard InChI is InChI=1S/C20H10F2N2S2/c21-17-18(22)20(26-14-9-5-2-6-10-14)16(12-24)15(11-23)19(17)25-13-7-3-1-4-8-13/h1-10H. The lowest BCUT2D eigenvalue weighted by Gasteiger charge is -2.13. The van der Waals surface area contributed by atoms with E-state index in [9.17, 15) is 19.3 Å². The van der Waals surface area contributed by atoms with Crippen LogP contribution in [0.3, 0.4) is 0 Å². The van der Waals surface area contributed by atoms with Crippen molar-refractivity contribution in [1.29, 1.82) is 10.5 Å². The van der Waals surface area contributed by atoms with Crippen LogP contribution in [0.4, 0.5) is 8.78 Å². The minimum absolute atomic E-state index is 0.154. The monoisotopic (exact) mass is 380 g/mol. The zero-order valence-corrected chi connectivity index (χ0v) is 14.9. The maximum atomic E-state index is 14.7. The van der Waals surface area contributed by atoms with Gasteiger partial charge in [-0.05, 0) is 24.3 Å². The van der Waals surface area contributed by atoms with Crippen LogP contribution in [0, 0.1) is 34.3 Å². The third-order valence-corrected chi connectivity index (χ3v) is 5.64. The molecular formula is C20H10F2N2S2. The highest BCUT2D eigenvalue weighted by atomic mass is 32.2. The summed E-state index contributed by atoms with van der Waals surface area (Å²) >= 11 is 1.85. The molecule has 0 aliphatic heterocycles. The Bertz CT molecular complexity index is 939. The third-order valence-electron chi connectivity index (χ3n) is 3.45.